The highest BCUT2D eigenvalue weighted by molar-refractivity contribution is 9.09. The van der Waals surface area contributed by atoms with E-state index < -0.39 is 47.5 Å². The van der Waals surface area contributed by atoms with Gasteiger partial charge in [0.25, 0.3) is 5.91 Å². The first-order chi connectivity index (χ1) is 12.7. The van der Waals surface area contributed by atoms with Crippen LogP contribution in [0.15, 0.2) is 12.1 Å². The quantitative estimate of drug-likeness (QED) is 0.391. The second-order valence-electron chi connectivity index (χ2n) is 5.45. The van der Waals surface area contributed by atoms with Gasteiger partial charge in [0.1, 0.15) is 23.4 Å². The van der Waals surface area contributed by atoms with Crippen LogP contribution in [0.2, 0.25) is 0 Å². The molecule has 150 valence electrons. The lowest BCUT2D eigenvalue weighted by atomic mass is 10.1. The Morgan fingerprint density at radius 1 is 1.07 bits per heavy atom. The van der Waals surface area contributed by atoms with Crippen LogP contribution >= 0.6 is 31.9 Å². The average Bonchev–Trinajstić information content (AvgIpc) is 2.57. The number of hydrogen-bond acceptors (Lipinski definition) is 4. The van der Waals surface area contributed by atoms with Crippen molar-refractivity contribution in [2.45, 2.75) is 18.9 Å². The maximum Gasteiger partial charge on any atom is 0.326 e. The molecule has 0 aliphatic rings. The maximum absolute atomic E-state index is 14.4. The van der Waals surface area contributed by atoms with Gasteiger partial charge in [0, 0.05) is 35.7 Å². The molecule has 27 heavy (non-hydrogen) atoms. The molecule has 0 bridgehead atoms. The fourth-order valence-electron chi connectivity index (χ4n) is 2.30. The summed E-state index contributed by atoms with van der Waals surface area (Å²) < 4.78 is 28.9. The molecule has 1 aromatic carbocycles. The molecule has 1 amide bonds. The largest absolute Gasteiger partial charge is 0.481 e. The number of halogens is 4. The van der Waals surface area contributed by atoms with Gasteiger partial charge >= 0.3 is 11.9 Å². The molecular formula is C16H18Br2F2N2O5. The molecule has 1 unspecified atom stereocenters. The lowest BCUT2D eigenvalue weighted by Gasteiger charge is -2.24. The van der Waals surface area contributed by atoms with Crippen LogP contribution in [0.1, 0.15) is 23.2 Å². The van der Waals surface area contributed by atoms with Crippen LogP contribution < -0.4 is 10.2 Å². The summed E-state index contributed by atoms with van der Waals surface area (Å²) in [6, 6.07) is 0.149. The Balaban J connectivity index is 3.04. The van der Waals surface area contributed by atoms with Crippen molar-refractivity contribution in [3.63, 3.8) is 0 Å². The van der Waals surface area contributed by atoms with E-state index >= 15 is 0 Å². The first kappa shape index (κ1) is 23.3. The van der Waals surface area contributed by atoms with E-state index in [4.69, 9.17) is 10.2 Å². The highest BCUT2D eigenvalue weighted by Gasteiger charge is 2.24. The molecule has 0 saturated carbocycles. The molecule has 0 spiro atoms. The summed E-state index contributed by atoms with van der Waals surface area (Å²) in [7, 11) is 0. The van der Waals surface area contributed by atoms with E-state index in [0.717, 1.165) is 12.1 Å². The molecule has 1 atom stereocenters. The summed E-state index contributed by atoms with van der Waals surface area (Å²) in [5.41, 5.74) is -0.681. The lowest BCUT2D eigenvalue weighted by Crippen LogP contribution is -2.41. The number of rotatable bonds is 11. The van der Waals surface area contributed by atoms with Gasteiger partial charge in [0.05, 0.1) is 0 Å². The minimum Gasteiger partial charge on any atom is -0.481 e. The SMILES string of the molecule is O=C(O)CCC(NC(=O)c1cc(F)c(N(CCBr)CCBr)c(F)c1)C(=O)O. The van der Waals surface area contributed by atoms with Crippen LogP contribution in [0.25, 0.3) is 0 Å². The predicted molar refractivity (Wildman–Crippen MR) is 102 cm³/mol. The minimum absolute atomic E-state index is 0.286. The van der Waals surface area contributed by atoms with Crippen molar-refractivity contribution in [3.05, 3.63) is 29.3 Å². The van der Waals surface area contributed by atoms with Gasteiger partial charge in [-0.05, 0) is 18.6 Å². The van der Waals surface area contributed by atoms with E-state index in [1.54, 1.807) is 0 Å². The second-order valence-corrected chi connectivity index (χ2v) is 7.04. The Bertz CT molecular complexity index is 676. The van der Waals surface area contributed by atoms with Crippen molar-refractivity contribution >= 4 is 55.4 Å². The summed E-state index contributed by atoms with van der Waals surface area (Å²) >= 11 is 6.41. The number of benzene rings is 1. The van der Waals surface area contributed by atoms with E-state index in [1.165, 1.54) is 4.90 Å². The number of anilines is 1. The molecule has 0 heterocycles. The molecule has 0 aliphatic carbocycles. The molecule has 0 aliphatic heterocycles. The number of aliphatic carboxylic acids is 2. The number of nitrogens with zero attached hydrogens (tertiary/aromatic N) is 1. The smallest absolute Gasteiger partial charge is 0.326 e. The standard InChI is InChI=1S/C16H18Br2F2N2O5/c17-3-5-22(6-4-18)14-10(19)7-9(8-11(14)20)15(25)21-12(16(26)27)1-2-13(23)24/h7-8,12H,1-6H2,(H,21,25)(H,23,24)(H,26,27). The first-order valence-corrected chi connectivity index (χ1v) is 10.1. The fourth-order valence-corrected chi connectivity index (χ4v) is 3.16. The third-order valence-electron chi connectivity index (χ3n) is 3.55. The van der Waals surface area contributed by atoms with Crippen molar-refractivity contribution in [2.75, 3.05) is 28.6 Å². The Kier molecular flexibility index (Phi) is 9.64. The van der Waals surface area contributed by atoms with Gasteiger partial charge in [-0.2, -0.15) is 0 Å². The molecule has 1 rings (SSSR count). The van der Waals surface area contributed by atoms with Crippen LogP contribution in [0.3, 0.4) is 0 Å². The Morgan fingerprint density at radius 3 is 2.00 bits per heavy atom. The Labute approximate surface area is 171 Å². The van der Waals surface area contributed by atoms with Gasteiger partial charge in [0.15, 0.2) is 0 Å². The summed E-state index contributed by atoms with van der Waals surface area (Å²) in [4.78, 5) is 35.3. The first-order valence-electron chi connectivity index (χ1n) is 7.82. The number of nitrogens with one attached hydrogen (secondary N) is 1. The lowest BCUT2D eigenvalue weighted by molar-refractivity contribution is -0.140. The second kappa shape index (κ2) is 11.2. The highest BCUT2D eigenvalue weighted by atomic mass is 79.9. The van der Waals surface area contributed by atoms with Gasteiger partial charge in [-0.25, -0.2) is 13.6 Å². The van der Waals surface area contributed by atoms with Gasteiger partial charge in [-0.15, -0.1) is 0 Å². The Hall–Kier alpha value is -1.75. The van der Waals surface area contributed by atoms with Crippen molar-refractivity contribution in [1.29, 1.82) is 0 Å². The molecule has 0 radical (unpaired) electrons. The molecule has 0 fully saturated rings. The van der Waals surface area contributed by atoms with Crippen LogP contribution in [0, 0.1) is 11.6 Å². The maximum atomic E-state index is 14.4. The van der Waals surface area contributed by atoms with Crippen molar-refractivity contribution in [2.24, 2.45) is 0 Å². The number of hydrogen-bond donors (Lipinski definition) is 3. The minimum atomic E-state index is -1.49. The summed E-state index contributed by atoms with van der Waals surface area (Å²) in [5, 5.41) is 20.7. The van der Waals surface area contributed by atoms with Gasteiger partial charge in [-0.3, -0.25) is 9.59 Å². The van der Waals surface area contributed by atoms with Crippen LogP contribution in [-0.2, 0) is 9.59 Å². The molecule has 0 saturated heterocycles. The van der Waals surface area contributed by atoms with E-state index in [-0.39, 0.29) is 12.1 Å². The van der Waals surface area contributed by atoms with Gasteiger partial charge in [-0.1, -0.05) is 31.9 Å². The number of carbonyl (C=O) groups is 3. The summed E-state index contributed by atoms with van der Waals surface area (Å²) in [6.07, 6.45) is -0.837. The van der Waals surface area contributed by atoms with Crippen LogP contribution in [0.5, 0.6) is 0 Å². The molecule has 0 aromatic heterocycles. The van der Waals surface area contributed by atoms with E-state index in [1.807, 2.05) is 0 Å². The third-order valence-corrected chi connectivity index (χ3v) is 4.26. The highest BCUT2D eigenvalue weighted by Crippen LogP contribution is 2.25. The summed E-state index contributed by atoms with van der Waals surface area (Å²) in [6.45, 7) is 0.669. The molecule has 7 nitrogen and oxygen atoms in total. The van der Waals surface area contributed by atoms with Crippen molar-refractivity contribution < 1.29 is 33.4 Å². The number of alkyl halides is 2. The number of carboxylic acids is 2. The predicted octanol–water partition coefficient (Wildman–Crippen LogP) is 2.61. The van der Waals surface area contributed by atoms with E-state index in [0.29, 0.717) is 23.7 Å². The van der Waals surface area contributed by atoms with Gasteiger partial charge < -0.3 is 20.4 Å². The normalized spacial score (nSPS) is 11.7. The molecule has 1 aromatic rings. The van der Waals surface area contributed by atoms with E-state index in [9.17, 15) is 23.2 Å². The topological polar surface area (TPSA) is 107 Å². The zero-order chi connectivity index (χ0) is 20.6. The molecular weight excluding hydrogens is 498 g/mol. The van der Waals surface area contributed by atoms with Crippen molar-refractivity contribution in [3.8, 4) is 0 Å². The molecule has 3 N–H and O–H groups in total. The van der Waals surface area contributed by atoms with Crippen LogP contribution in [0.4, 0.5) is 14.5 Å². The zero-order valence-corrected chi connectivity index (χ0v) is 17.2. The van der Waals surface area contributed by atoms with Gasteiger partial charge in [0.2, 0.25) is 0 Å². The number of carboxylic acid groups (broad SMARTS) is 2. The molecule has 11 heteroatoms. The monoisotopic (exact) mass is 514 g/mol. The zero-order valence-electron chi connectivity index (χ0n) is 14.1. The number of carbonyl (C=O) groups excluding carboxylic acids is 1. The fraction of sp³-hybridized carbons (Fsp3) is 0.438. The summed E-state index contributed by atoms with van der Waals surface area (Å²) in [5.74, 6) is -5.60. The van der Waals surface area contributed by atoms with E-state index in [2.05, 4.69) is 37.2 Å². The average molecular weight is 516 g/mol. The Morgan fingerprint density at radius 2 is 1.59 bits per heavy atom. The number of amides is 1. The van der Waals surface area contributed by atoms with Crippen LogP contribution in [-0.4, -0.2) is 57.9 Å². The van der Waals surface area contributed by atoms with Crippen molar-refractivity contribution in [1.82, 2.24) is 5.32 Å². The third kappa shape index (κ3) is 7.06.